The van der Waals surface area contributed by atoms with E-state index in [1.807, 2.05) is 24.3 Å². The van der Waals surface area contributed by atoms with Gasteiger partial charge in [0.15, 0.2) is 5.84 Å². The topological polar surface area (TPSA) is 49.9 Å². The molecule has 1 unspecified atom stereocenters. The van der Waals surface area contributed by atoms with Crippen molar-refractivity contribution in [2.24, 2.45) is 9.98 Å². The molecule has 0 amide bonds. The van der Waals surface area contributed by atoms with Gasteiger partial charge in [0.1, 0.15) is 23.2 Å². The van der Waals surface area contributed by atoms with Gasteiger partial charge in [-0.2, -0.15) is 0 Å². The SMILES string of the molecule is c1ccc(C2=NC(c3ccc(-c4cccc5oc6cc(-c7cc8ccccc8c8ccccc78)ccc6c45)c4ccccc34)NC(c3ccc(-c4ccc(-c5ccccc5)cc4)cc3)=N2)cc1. The fourth-order valence-corrected chi connectivity index (χ4v) is 10.1. The molecule has 12 aromatic rings. The maximum absolute atomic E-state index is 6.73. The number of amidine groups is 2. The third-order valence-corrected chi connectivity index (χ3v) is 13.4. The number of aliphatic imine (C=N–C) groups is 2. The number of nitrogens with zero attached hydrogens (tertiary/aromatic N) is 2. The predicted molar refractivity (Wildman–Crippen MR) is 280 cm³/mol. The summed E-state index contributed by atoms with van der Waals surface area (Å²) in [6.45, 7) is 0. The highest BCUT2D eigenvalue weighted by atomic mass is 16.3. The first kappa shape index (κ1) is 38.6. The highest BCUT2D eigenvalue weighted by Gasteiger charge is 2.24. The Labute approximate surface area is 387 Å². The summed E-state index contributed by atoms with van der Waals surface area (Å²) in [4.78, 5) is 10.5. The van der Waals surface area contributed by atoms with E-state index < -0.39 is 0 Å². The predicted octanol–water partition coefficient (Wildman–Crippen LogP) is 16.2. The van der Waals surface area contributed by atoms with Gasteiger partial charge in [-0.3, -0.25) is 0 Å². The molecule has 0 radical (unpaired) electrons. The summed E-state index contributed by atoms with van der Waals surface area (Å²) < 4.78 is 6.73. The standard InChI is InChI=1S/C63H41N3O/c1-3-14-40(15-4-1)41-26-28-42(29-27-41)43-30-32-45(33-31-43)62-64-61(44-16-5-2-6-17-44)65-63(66-62)55-37-36-53(50-21-10-11-22-51(50)55)54-24-13-25-58-60(54)56-35-34-47(39-59(56)67-58)57-38-46-18-7-8-19-48(46)49-20-9-12-23-52(49)57/h1-39,63H,(H,64,65,66). The summed E-state index contributed by atoms with van der Waals surface area (Å²) in [5.74, 6) is 1.47. The van der Waals surface area contributed by atoms with Crippen LogP contribution in [0.1, 0.15) is 22.9 Å². The second kappa shape index (κ2) is 16.0. The zero-order valence-electron chi connectivity index (χ0n) is 36.4. The Balaban J connectivity index is 0.871. The van der Waals surface area contributed by atoms with Crippen molar-refractivity contribution in [3.63, 3.8) is 0 Å². The van der Waals surface area contributed by atoms with Crippen molar-refractivity contribution in [1.82, 2.24) is 5.32 Å². The molecule has 0 bridgehead atoms. The lowest BCUT2D eigenvalue weighted by molar-refractivity contribution is 0.669. The van der Waals surface area contributed by atoms with Crippen molar-refractivity contribution >= 4 is 65.9 Å². The molecule has 0 fully saturated rings. The van der Waals surface area contributed by atoms with Crippen molar-refractivity contribution in [2.75, 3.05) is 0 Å². The van der Waals surface area contributed by atoms with Crippen LogP contribution in [0.2, 0.25) is 0 Å². The first-order chi connectivity index (χ1) is 33.2. The van der Waals surface area contributed by atoms with Crippen LogP contribution >= 0.6 is 0 Å². The number of hydrogen-bond donors (Lipinski definition) is 1. The molecule has 1 atom stereocenters. The molecule has 4 nitrogen and oxygen atoms in total. The van der Waals surface area contributed by atoms with Crippen molar-refractivity contribution in [2.45, 2.75) is 6.17 Å². The van der Waals surface area contributed by atoms with Gasteiger partial charge in [0.05, 0.1) is 0 Å². The zero-order valence-corrected chi connectivity index (χ0v) is 36.4. The van der Waals surface area contributed by atoms with Gasteiger partial charge in [-0.25, -0.2) is 9.98 Å². The van der Waals surface area contributed by atoms with Crippen LogP contribution in [0.5, 0.6) is 0 Å². The molecule has 1 aromatic heterocycles. The summed E-state index contributed by atoms with van der Waals surface area (Å²) in [7, 11) is 0. The summed E-state index contributed by atoms with van der Waals surface area (Å²) >= 11 is 0. The van der Waals surface area contributed by atoms with Gasteiger partial charge in [0.2, 0.25) is 0 Å². The van der Waals surface area contributed by atoms with E-state index in [2.05, 4.69) is 218 Å². The minimum atomic E-state index is -0.387. The lowest BCUT2D eigenvalue weighted by atomic mass is 9.91. The Kier molecular flexibility index (Phi) is 9.21. The Morgan fingerprint density at radius 1 is 0.343 bits per heavy atom. The summed E-state index contributed by atoms with van der Waals surface area (Å²) in [6, 6.07) is 84.1. The van der Waals surface area contributed by atoms with E-state index in [1.54, 1.807) is 0 Å². The third kappa shape index (κ3) is 6.77. The van der Waals surface area contributed by atoms with Gasteiger partial charge < -0.3 is 9.73 Å². The van der Waals surface area contributed by atoms with E-state index in [0.29, 0.717) is 5.84 Å². The maximum atomic E-state index is 6.73. The van der Waals surface area contributed by atoms with Crippen LogP contribution in [0, 0.1) is 0 Å². The van der Waals surface area contributed by atoms with Crippen LogP contribution in [0.4, 0.5) is 0 Å². The van der Waals surface area contributed by atoms with Crippen LogP contribution < -0.4 is 5.32 Å². The van der Waals surface area contributed by atoms with Crippen LogP contribution in [-0.4, -0.2) is 11.7 Å². The molecule has 11 aromatic carbocycles. The molecule has 314 valence electrons. The van der Waals surface area contributed by atoms with Gasteiger partial charge in [0.25, 0.3) is 0 Å². The maximum Gasteiger partial charge on any atom is 0.159 e. The molecule has 1 aliphatic rings. The highest BCUT2D eigenvalue weighted by Crippen LogP contribution is 2.43. The molecule has 1 aliphatic heterocycles. The van der Waals surface area contributed by atoms with Crippen LogP contribution in [0.25, 0.3) is 98.8 Å². The molecule has 1 N–H and O–H groups in total. The van der Waals surface area contributed by atoms with Crippen molar-refractivity contribution < 1.29 is 4.42 Å². The average molecular weight is 856 g/mol. The van der Waals surface area contributed by atoms with Crippen LogP contribution in [-0.2, 0) is 0 Å². The Morgan fingerprint density at radius 3 is 1.63 bits per heavy atom. The normalized spacial score (nSPS) is 13.8. The molecule has 0 saturated carbocycles. The third-order valence-electron chi connectivity index (χ3n) is 13.4. The van der Waals surface area contributed by atoms with Crippen molar-refractivity contribution in [3.05, 3.63) is 253 Å². The first-order valence-corrected chi connectivity index (χ1v) is 22.8. The Hall–Kier alpha value is -8.86. The monoisotopic (exact) mass is 855 g/mol. The van der Waals surface area contributed by atoms with Crippen LogP contribution in [0.15, 0.2) is 251 Å². The molecule has 13 rings (SSSR count). The van der Waals surface area contributed by atoms with E-state index in [1.165, 1.54) is 43.8 Å². The van der Waals surface area contributed by atoms with E-state index in [4.69, 9.17) is 14.4 Å². The lowest BCUT2D eigenvalue weighted by Crippen LogP contribution is -2.33. The largest absolute Gasteiger partial charge is 0.456 e. The number of nitrogens with one attached hydrogen (secondary N) is 1. The van der Waals surface area contributed by atoms with Gasteiger partial charge in [-0.05, 0) is 101 Å². The molecule has 4 heteroatoms. The minimum Gasteiger partial charge on any atom is -0.456 e. The molecule has 0 spiro atoms. The zero-order chi connectivity index (χ0) is 44.3. The second-order valence-electron chi connectivity index (χ2n) is 17.3. The number of benzene rings is 11. The second-order valence-corrected chi connectivity index (χ2v) is 17.3. The van der Waals surface area contributed by atoms with E-state index in [0.717, 1.165) is 77.5 Å². The summed E-state index contributed by atoms with van der Waals surface area (Å²) in [6.07, 6.45) is -0.387. The number of fused-ring (bicyclic) bond motifs is 7. The molecular weight excluding hydrogens is 815 g/mol. The molecule has 0 saturated heterocycles. The Bertz CT molecular complexity index is 3920. The van der Waals surface area contributed by atoms with Crippen molar-refractivity contribution in [1.29, 1.82) is 0 Å². The van der Waals surface area contributed by atoms with E-state index in [-0.39, 0.29) is 6.17 Å². The molecular formula is C63H41N3O. The van der Waals surface area contributed by atoms with Crippen LogP contribution in [0.3, 0.4) is 0 Å². The summed E-state index contributed by atoms with van der Waals surface area (Å²) in [5, 5.41) is 13.2. The fourth-order valence-electron chi connectivity index (χ4n) is 10.1. The quantitative estimate of drug-likeness (QED) is 0.162. The lowest BCUT2D eigenvalue weighted by Gasteiger charge is -2.25. The van der Waals surface area contributed by atoms with E-state index >= 15 is 0 Å². The fraction of sp³-hybridized carbons (Fsp3) is 0.0159. The minimum absolute atomic E-state index is 0.387. The number of rotatable bonds is 7. The first-order valence-electron chi connectivity index (χ1n) is 22.8. The highest BCUT2D eigenvalue weighted by molar-refractivity contribution is 6.18. The van der Waals surface area contributed by atoms with Crippen molar-refractivity contribution in [3.8, 4) is 44.5 Å². The van der Waals surface area contributed by atoms with E-state index in [9.17, 15) is 0 Å². The van der Waals surface area contributed by atoms with Gasteiger partial charge in [-0.15, -0.1) is 0 Å². The average Bonchev–Trinajstić information content (AvgIpc) is 3.79. The Morgan fingerprint density at radius 2 is 0.910 bits per heavy atom. The number of hydrogen-bond acceptors (Lipinski definition) is 4. The summed E-state index contributed by atoms with van der Waals surface area (Å²) in [5.41, 5.74) is 14.1. The smallest absolute Gasteiger partial charge is 0.159 e. The van der Waals surface area contributed by atoms with Gasteiger partial charge in [-0.1, -0.05) is 212 Å². The molecule has 67 heavy (non-hydrogen) atoms. The number of furan rings is 1. The van der Waals surface area contributed by atoms with Gasteiger partial charge >= 0.3 is 0 Å². The van der Waals surface area contributed by atoms with Gasteiger partial charge in [0, 0.05) is 27.5 Å². The molecule has 0 aliphatic carbocycles. The molecule has 2 heterocycles.